The standard InChI is InChI=1S/C17H11F2N/c18-15-10-16(19)17(20-11-15)14-8-4-7-13(9-14)12-5-2-1-3-6-12/h1-11H. The highest BCUT2D eigenvalue weighted by Crippen LogP contribution is 2.26. The van der Waals surface area contributed by atoms with Crippen LogP contribution in [0.25, 0.3) is 22.4 Å². The van der Waals surface area contributed by atoms with Gasteiger partial charge in [0.1, 0.15) is 11.5 Å². The lowest BCUT2D eigenvalue weighted by molar-refractivity contribution is 0.576. The van der Waals surface area contributed by atoms with Gasteiger partial charge in [-0.05, 0) is 17.2 Å². The number of rotatable bonds is 2. The second-order valence-electron chi connectivity index (χ2n) is 4.43. The lowest BCUT2D eigenvalue weighted by Crippen LogP contribution is -1.91. The summed E-state index contributed by atoms with van der Waals surface area (Å²) in [4.78, 5) is 3.83. The van der Waals surface area contributed by atoms with Crippen LogP contribution in [0.2, 0.25) is 0 Å². The van der Waals surface area contributed by atoms with Crippen LogP contribution in [0.5, 0.6) is 0 Å². The van der Waals surface area contributed by atoms with Gasteiger partial charge in [0, 0.05) is 11.6 Å². The predicted octanol–water partition coefficient (Wildman–Crippen LogP) is 4.69. The Bertz CT molecular complexity index is 739. The Kier molecular flexibility index (Phi) is 3.25. The Hall–Kier alpha value is -2.55. The summed E-state index contributed by atoms with van der Waals surface area (Å²) in [7, 11) is 0. The van der Waals surface area contributed by atoms with Crippen LogP contribution >= 0.6 is 0 Å². The fourth-order valence-electron chi connectivity index (χ4n) is 2.10. The second kappa shape index (κ2) is 5.21. The zero-order valence-corrected chi connectivity index (χ0v) is 10.6. The Labute approximate surface area is 115 Å². The number of hydrogen-bond donors (Lipinski definition) is 0. The van der Waals surface area contributed by atoms with Gasteiger partial charge in [-0.3, -0.25) is 4.98 Å². The van der Waals surface area contributed by atoms with E-state index in [1.165, 1.54) is 0 Å². The Morgan fingerprint density at radius 2 is 1.40 bits per heavy atom. The number of aromatic nitrogens is 1. The van der Waals surface area contributed by atoms with Crippen molar-refractivity contribution in [3.63, 3.8) is 0 Å². The molecule has 0 aliphatic carbocycles. The van der Waals surface area contributed by atoms with Gasteiger partial charge in [0.05, 0.1) is 6.20 Å². The normalized spacial score (nSPS) is 10.5. The summed E-state index contributed by atoms with van der Waals surface area (Å²) < 4.78 is 26.7. The summed E-state index contributed by atoms with van der Waals surface area (Å²) in [5.74, 6) is -1.33. The largest absolute Gasteiger partial charge is 0.250 e. The van der Waals surface area contributed by atoms with Gasteiger partial charge in [-0.1, -0.05) is 48.5 Å². The Morgan fingerprint density at radius 3 is 2.15 bits per heavy atom. The lowest BCUT2D eigenvalue weighted by Gasteiger charge is -2.06. The number of pyridine rings is 1. The number of nitrogens with zero attached hydrogens (tertiary/aromatic N) is 1. The Balaban J connectivity index is 2.08. The van der Waals surface area contributed by atoms with Crippen molar-refractivity contribution in [1.82, 2.24) is 4.98 Å². The summed E-state index contributed by atoms with van der Waals surface area (Å²) in [6, 6.07) is 18.0. The molecular weight excluding hydrogens is 256 g/mol. The van der Waals surface area contributed by atoms with Crippen LogP contribution in [0, 0.1) is 11.6 Å². The molecule has 0 N–H and O–H groups in total. The van der Waals surface area contributed by atoms with Gasteiger partial charge >= 0.3 is 0 Å². The van der Waals surface area contributed by atoms with Crippen LogP contribution in [-0.4, -0.2) is 4.98 Å². The summed E-state index contributed by atoms with van der Waals surface area (Å²) >= 11 is 0. The molecule has 1 aromatic heterocycles. The van der Waals surface area contributed by atoms with Gasteiger partial charge in [-0.25, -0.2) is 8.78 Å². The van der Waals surface area contributed by atoms with Gasteiger partial charge in [-0.2, -0.15) is 0 Å². The van der Waals surface area contributed by atoms with Crippen molar-refractivity contribution in [3.8, 4) is 22.4 Å². The average Bonchev–Trinajstić information content (AvgIpc) is 2.48. The van der Waals surface area contributed by atoms with E-state index in [1.54, 1.807) is 6.07 Å². The van der Waals surface area contributed by atoms with Gasteiger partial charge in [0.25, 0.3) is 0 Å². The van der Waals surface area contributed by atoms with Crippen LogP contribution < -0.4 is 0 Å². The van der Waals surface area contributed by atoms with Crippen molar-refractivity contribution < 1.29 is 8.78 Å². The minimum Gasteiger partial charge on any atom is -0.250 e. The second-order valence-corrected chi connectivity index (χ2v) is 4.43. The third kappa shape index (κ3) is 2.43. The van der Waals surface area contributed by atoms with E-state index in [-0.39, 0.29) is 5.69 Å². The maximum absolute atomic E-state index is 13.8. The fourth-order valence-corrected chi connectivity index (χ4v) is 2.10. The summed E-state index contributed by atoms with van der Waals surface area (Å²) in [5, 5.41) is 0. The first-order chi connectivity index (χ1) is 9.74. The van der Waals surface area contributed by atoms with Crippen molar-refractivity contribution in [2.45, 2.75) is 0 Å². The maximum Gasteiger partial charge on any atom is 0.152 e. The molecular formula is C17H11F2N. The highest BCUT2D eigenvalue weighted by atomic mass is 19.1. The van der Waals surface area contributed by atoms with E-state index in [4.69, 9.17) is 0 Å². The van der Waals surface area contributed by atoms with Crippen molar-refractivity contribution in [2.75, 3.05) is 0 Å². The molecule has 20 heavy (non-hydrogen) atoms. The van der Waals surface area contributed by atoms with Crippen LogP contribution in [0.3, 0.4) is 0 Å². The lowest BCUT2D eigenvalue weighted by atomic mass is 10.0. The van der Waals surface area contributed by atoms with Crippen molar-refractivity contribution in [3.05, 3.63) is 78.5 Å². The molecule has 0 saturated carbocycles. The van der Waals surface area contributed by atoms with Crippen LogP contribution in [0.15, 0.2) is 66.9 Å². The molecule has 3 aromatic rings. The minimum atomic E-state index is -0.675. The molecule has 0 fully saturated rings. The maximum atomic E-state index is 13.8. The summed E-state index contributed by atoms with van der Waals surface area (Å²) in [6.45, 7) is 0. The molecule has 1 nitrogen and oxygen atoms in total. The fraction of sp³-hybridized carbons (Fsp3) is 0. The van der Waals surface area contributed by atoms with E-state index in [9.17, 15) is 8.78 Å². The molecule has 0 unspecified atom stereocenters. The molecule has 2 aromatic carbocycles. The topological polar surface area (TPSA) is 12.9 Å². The van der Waals surface area contributed by atoms with E-state index in [1.807, 2.05) is 48.5 Å². The average molecular weight is 267 g/mol. The monoisotopic (exact) mass is 267 g/mol. The highest BCUT2D eigenvalue weighted by molar-refractivity contribution is 5.71. The summed E-state index contributed by atoms with van der Waals surface area (Å²) in [6.07, 6.45) is 1.02. The number of halogens is 2. The van der Waals surface area contributed by atoms with Crippen LogP contribution in [0.4, 0.5) is 8.78 Å². The van der Waals surface area contributed by atoms with E-state index < -0.39 is 11.6 Å². The molecule has 0 spiro atoms. The Morgan fingerprint density at radius 1 is 0.700 bits per heavy atom. The molecule has 3 heteroatoms. The van der Waals surface area contributed by atoms with Crippen LogP contribution in [-0.2, 0) is 0 Å². The molecule has 0 atom stereocenters. The highest BCUT2D eigenvalue weighted by Gasteiger charge is 2.09. The molecule has 0 radical (unpaired) electrons. The van der Waals surface area contributed by atoms with Gasteiger partial charge in [0.2, 0.25) is 0 Å². The van der Waals surface area contributed by atoms with Crippen molar-refractivity contribution >= 4 is 0 Å². The predicted molar refractivity (Wildman–Crippen MR) is 75.0 cm³/mol. The van der Waals surface area contributed by atoms with Gasteiger partial charge in [0.15, 0.2) is 5.82 Å². The summed E-state index contributed by atoms with van der Waals surface area (Å²) in [5.41, 5.74) is 2.79. The quantitative estimate of drug-likeness (QED) is 0.656. The minimum absolute atomic E-state index is 0.157. The molecule has 0 aliphatic heterocycles. The molecule has 98 valence electrons. The molecule has 1 heterocycles. The molecule has 0 bridgehead atoms. The van der Waals surface area contributed by atoms with Gasteiger partial charge < -0.3 is 0 Å². The first kappa shape index (κ1) is 12.5. The zero-order chi connectivity index (χ0) is 13.9. The number of benzene rings is 2. The van der Waals surface area contributed by atoms with Crippen molar-refractivity contribution in [1.29, 1.82) is 0 Å². The van der Waals surface area contributed by atoms with Gasteiger partial charge in [-0.15, -0.1) is 0 Å². The SMILES string of the molecule is Fc1cnc(-c2cccc(-c3ccccc3)c2)c(F)c1. The molecule has 3 rings (SSSR count). The smallest absolute Gasteiger partial charge is 0.152 e. The zero-order valence-electron chi connectivity index (χ0n) is 10.6. The first-order valence-corrected chi connectivity index (χ1v) is 6.21. The number of hydrogen-bond acceptors (Lipinski definition) is 1. The first-order valence-electron chi connectivity index (χ1n) is 6.21. The van der Waals surface area contributed by atoms with Crippen LogP contribution in [0.1, 0.15) is 0 Å². The third-order valence-corrected chi connectivity index (χ3v) is 3.05. The molecule has 0 amide bonds. The van der Waals surface area contributed by atoms with E-state index in [0.29, 0.717) is 5.56 Å². The third-order valence-electron chi connectivity index (χ3n) is 3.05. The van der Waals surface area contributed by atoms with Crippen molar-refractivity contribution in [2.24, 2.45) is 0 Å². The van der Waals surface area contributed by atoms with E-state index >= 15 is 0 Å². The molecule has 0 saturated heterocycles. The van der Waals surface area contributed by atoms with E-state index in [0.717, 1.165) is 23.4 Å². The van der Waals surface area contributed by atoms with E-state index in [2.05, 4.69) is 4.98 Å². The molecule has 0 aliphatic rings.